The van der Waals surface area contributed by atoms with Crippen LogP contribution in [0.1, 0.15) is 11.1 Å². The molecule has 0 fully saturated rings. The van der Waals surface area contributed by atoms with Crippen molar-refractivity contribution in [1.82, 2.24) is 4.57 Å². The highest BCUT2D eigenvalue weighted by Gasteiger charge is 2.11. The van der Waals surface area contributed by atoms with Gasteiger partial charge >= 0.3 is 0 Å². The molecule has 0 spiro atoms. The van der Waals surface area contributed by atoms with Gasteiger partial charge in [0.1, 0.15) is 0 Å². The highest BCUT2D eigenvalue weighted by atomic mass is 79.9. The SMILES string of the molecule is Clc1cccc(C[n+]2ccc(Cn3c4ccccc4c4ccccc43)cc2)c1.[Br-]. The van der Waals surface area contributed by atoms with Crippen molar-refractivity contribution in [3.63, 3.8) is 0 Å². The van der Waals surface area contributed by atoms with Gasteiger partial charge < -0.3 is 21.5 Å². The lowest BCUT2D eigenvalue weighted by Crippen LogP contribution is -3.00. The van der Waals surface area contributed by atoms with Gasteiger partial charge in [-0.25, -0.2) is 4.57 Å². The van der Waals surface area contributed by atoms with Crippen LogP contribution in [0.4, 0.5) is 0 Å². The van der Waals surface area contributed by atoms with Gasteiger partial charge in [-0.3, -0.25) is 0 Å². The van der Waals surface area contributed by atoms with Crippen LogP contribution in [-0.4, -0.2) is 4.57 Å². The summed E-state index contributed by atoms with van der Waals surface area (Å²) in [5, 5.41) is 3.40. The van der Waals surface area contributed by atoms with Gasteiger partial charge in [-0.15, -0.1) is 0 Å². The number of halogens is 2. The minimum atomic E-state index is 0. The van der Waals surface area contributed by atoms with Gasteiger partial charge in [-0.05, 0) is 29.8 Å². The van der Waals surface area contributed by atoms with Gasteiger partial charge in [-0.2, -0.15) is 0 Å². The van der Waals surface area contributed by atoms with Crippen molar-refractivity contribution in [3.05, 3.63) is 113 Å². The van der Waals surface area contributed by atoms with Crippen molar-refractivity contribution < 1.29 is 21.5 Å². The molecule has 0 radical (unpaired) electrons. The van der Waals surface area contributed by atoms with E-state index in [1.54, 1.807) is 0 Å². The van der Waals surface area contributed by atoms with Gasteiger partial charge in [0.25, 0.3) is 0 Å². The third-order valence-corrected chi connectivity index (χ3v) is 5.47. The Bertz CT molecular complexity index is 1220. The molecule has 2 heterocycles. The van der Waals surface area contributed by atoms with Gasteiger partial charge in [0.05, 0.1) is 0 Å². The largest absolute Gasteiger partial charge is 1.00 e. The number of para-hydroxylation sites is 2. The number of nitrogens with zero attached hydrogens (tertiary/aromatic N) is 2. The lowest BCUT2D eigenvalue weighted by molar-refractivity contribution is -0.688. The summed E-state index contributed by atoms with van der Waals surface area (Å²) < 4.78 is 4.59. The van der Waals surface area contributed by atoms with Crippen LogP contribution in [0.3, 0.4) is 0 Å². The van der Waals surface area contributed by atoms with Crippen LogP contribution in [0.2, 0.25) is 5.02 Å². The normalized spacial score (nSPS) is 10.9. The van der Waals surface area contributed by atoms with E-state index in [1.807, 2.05) is 18.2 Å². The van der Waals surface area contributed by atoms with Crippen LogP contribution in [0.25, 0.3) is 21.8 Å². The molecule has 2 nitrogen and oxygen atoms in total. The Kier molecular flexibility index (Phi) is 5.70. The Hall–Kier alpha value is -2.62. The van der Waals surface area contributed by atoms with E-state index >= 15 is 0 Å². The lowest BCUT2D eigenvalue weighted by atomic mass is 10.2. The Morgan fingerprint density at radius 2 is 1.31 bits per heavy atom. The summed E-state index contributed by atoms with van der Waals surface area (Å²) in [4.78, 5) is 0. The van der Waals surface area contributed by atoms with Crippen LogP contribution >= 0.6 is 11.6 Å². The number of fused-ring (bicyclic) bond motifs is 3. The zero-order valence-electron chi connectivity index (χ0n) is 15.8. The first-order valence-corrected chi connectivity index (χ1v) is 9.84. The van der Waals surface area contributed by atoms with E-state index in [9.17, 15) is 0 Å². The summed E-state index contributed by atoms with van der Waals surface area (Å²) in [6, 6.07) is 29.7. The number of hydrogen-bond acceptors (Lipinski definition) is 0. The molecule has 144 valence electrons. The standard InChI is InChI=1S/C25H20ClN2.BrH/c26-21-7-5-6-20(16-21)17-27-14-12-19(13-15-27)18-28-24-10-3-1-8-22(24)23-9-2-4-11-25(23)28;/h1-16H,17-18H2;1H/q+1;/p-1. The molecular weight excluding hydrogens is 444 g/mol. The Balaban J connectivity index is 0.00000205. The molecule has 3 aromatic carbocycles. The van der Waals surface area contributed by atoms with E-state index < -0.39 is 0 Å². The molecule has 5 rings (SSSR count). The molecule has 0 aliphatic carbocycles. The van der Waals surface area contributed by atoms with Crippen LogP contribution in [0.15, 0.2) is 97.3 Å². The van der Waals surface area contributed by atoms with Crippen molar-refractivity contribution in [2.24, 2.45) is 0 Å². The van der Waals surface area contributed by atoms with E-state index in [0.29, 0.717) is 0 Å². The molecular formula is C25H20BrClN2. The molecule has 0 aliphatic heterocycles. The first kappa shape index (κ1) is 19.7. The van der Waals surface area contributed by atoms with Crippen molar-refractivity contribution in [2.45, 2.75) is 13.1 Å². The maximum Gasteiger partial charge on any atom is 0.173 e. The van der Waals surface area contributed by atoms with Gasteiger partial charge in [0.15, 0.2) is 18.9 Å². The third-order valence-electron chi connectivity index (χ3n) is 5.23. The second kappa shape index (κ2) is 8.40. The first-order valence-electron chi connectivity index (χ1n) is 9.46. The number of hydrogen-bond donors (Lipinski definition) is 0. The fourth-order valence-corrected chi connectivity index (χ4v) is 4.11. The Labute approximate surface area is 185 Å². The predicted octanol–water partition coefficient (Wildman–Crippen LogP) is 2.84. The second-order valence-electron chi connectivity index (χ2n) is 7.13. The van der Waals surface area contributed by atoms with Crippen molar-refractivity contribution >= 4 is 33.4 Å². The molecule has 0 atom stereocenters. The topological polar surface area (TPSA) is 8.81 Å². The maximum atomic E-state index is 6.10. The van der Waals surface area contributed by atoms with Crippen LogP contribution in [-0.2, 0) is 13.1 Å². The highest BCUT2D eigenvalue weighted by molar-refractivity contribution is 6.30. The third kappa shape index (κ3) is 3.93. The molecule has 5 aromatic rings. The smallest absolute Gasteiger partial charge is 0.173 e. The molecule has 0 aliphatic rings. The van der Waals surface area contributed by atoms with Crippen LogP contribution in [0.5, 0.6) is 0 Å². The van der Waals surface area contributed by atoms with Gasteiger partial charge in [-0.1, -0.05) is 60.1 Å². The van der Waals surface area contributed by atoms with Gasteiger partial charge in [0, 0.05) is 51.1 Å². The van der Waals surface area contributed by atoms with Crippen molar-refractivity contribution in [2.75, 3.05) is 0 Å². The highest BCUT2D eigenvalue weighted by Crippen LogP contribution is 2.29. The average molecular weight is 464 g/mol. The van der Waals surface area contributed by atoms with Crippen molar-refractivity contribution in [3.8, 4) is 0 Å². The summed E-state index contributed by atoms with van der Waals surface area (Å²) in [5.74, 6) is 0. The number of rotatable bonds is 4. The molecule has 0 saturated heterocycles. The molecule has 0 bridgehead atoms. The average Bonchev–Trinajstić information content (AvgIpc) is 3.04. The lowest BCUT2D eigenvalue weighted by Gasteiger charge is -2.07. The minimum Gasteiger partial charge on any atom is -1.00 e. The molecule has 0 unspecified atom stereocenters. The van der Waals surface area contributed by atoms with Crippen LogP contribution in [0, 0.1) is 0 Å². The fourth-order valence-electron chi connectivity index (χ4n) is 3.90. The second-order valence-corrected chi connectivity index (χ2v) is 7.57. The molecule has 0 N–H and O–H groups in total. The molecule has 29 heavy (non-hydrogen) atoms. The molecule has 4 heteroatoms. The quantitative estimate of drug-likeness (QED) is 0.363. The summed E-state index contributed by atoms with van der Waals surface area (Å²) in [5.41, 5.74) is 5.04. The summed E-state index contributed by atoms with van der Waals surface area (Å²) >= 11 is 6.10. The zero-order chi connectivity index (χ0) is 18.9. The van der Waals surface area contributed by atoms with E-state index in [-0.39, 0.29) is 17.0 Å². The van der Waals surface area contributed by atoms with E-state index in [2.05, 4.69) is 88.3 Å². The number of benzene rings is 3. The Morgan fingerprint density at radius 1 is 0.690 bits per heavy atom. The molecule has 0 saturated carbocycles. The van der Waals surface area contributed by atoms with Gasteiger partial charge in [0.2, 0.25) is 0 Å². The minimum absolute atomic E-state index is 0. The fraction of sp³-hybridized carbons (Fsp3) is 0.0800. The molecule has 2 aromatic heterocycles. The summed E-state index contributed by atoms with van der Waals surface area (Å²) in [6.45, 7) is 1.67. The zero-order valence-corrected chi connectivity index (χ0v) is 18.1. The number of aromatic nitrogens is 2. The molecule has 0 amide bonds. The van der Waals surface area contributed by atoms with E-state index in [1.165, 1.54) is 32.9 Å². The maximum absolute atomic E-state index is 6.10. The van der Waals surface area contributed by atoms with Crippen molar-refractivity contribution in [1.29, 1.82) is 0 Å². The number of pyridine rings is 1. The van der Waals surface area contributed by atoms with Crippen LogP contribution < -0.4 is 21.5 Å². The summed E-state index contributed by atoms with van der Waals surface area (Å²) in [6.07, 6.45) is 4.29. The Morgan fingerprint density at radius 3 is 1.93 bits per heavy atom. The predicted molar refractivity (Wildman–Crippen MR) is 116 cm³/mol. The van der Waals surface area contributed by atoms with E-state index in [0.717, 1.165) is 18.1 Å². The van der Waals surface area contributed by atoms with E-state index in [4.69, 9.17) is 11.6 Å². The first-order chi connectivity index (χ1) is 13.8. The summed E-state index contributed by atoms with van der Waals surface area (Å²) in [7, 11) is 0. The monoisotopic (exact) mass is 462 g/mol.